The van der Waals surface area contributed by atoms with E-state index in [9.17, 15) is 21.6 Å². The minimum atomic E-state index is -3.52. The predicted octanol–water partition coefficient (Wildman–Crippen LogP) is 0.793. The van der Waals surface area contributed by atoms with Crippen molar-refractivity contribution >= 4 is 31.8 Å². The van der Waals surface area contributed by atoms with E-state index in [4.69, 9.17) is 0 Å². The van der Waals surface area contributed by atoms with E-state index in [1.165, 1.54) is 21.6 Å². The normalized spacial score (nSPS) is 16.4. The van der Waals surface area contributed by atoms with E-state index in [2.05, 4.69) is 4.72 Å². The highest BCUT2D eigenvalue weighted by atomic mass is 32.2. The number of nitrogens with one attached hydrogen (secondary N) is 1. The summed E-state index contributed by atoms with van der Waals surface area (Å²) >= 11 is 0. The fraction of sp³-hybridized carbons (Fsp3) is 0.588. The second-order valence-electron chi connectivity index (χ2n) is 6.37. The third-order valence-electron chi connectivity index (χ3n) is 4.65. The molecule has 0 aromatic heterocycles. The number of carbonyl (C=O) groups excluding carboxylic acids is 1. The van der Waals surface area contributed by atoms with E-state index in [0.717, 1.165) is 0 Å². The summed E-state index contributed by atoms with van der Waals surface area (Å²) in [5, 5.41) is 0. The molecule has 1 heterocycles. The van der Waals surface area contributed by atoms with Gasteiger partial charge in [0, 0.05) is 50.5 Å². The highest BCUT2D eigenvalue weighted by Crippen LogP contribution is 2.17. The van der Waals surface area contributed by atoms with Gasteiger partial charge in [-0.2, -0.15) is 17.0 Å². The van der Waals surface area contributed by atoms with Crippen LogP contribution in [0.3, 0.4) is 0 Å². The number of carbonyl (C=O) groups is 1. The third kappa shape index (κ3) is 5.22. The van der Waals surface area contributed by atoms with Crippen LogP contribution in [0.25, 0.3) is 0 Å². The molecule has 1 aliphatic heterocycles. The average molecular weight is 433 g/mol. The molecular formula is C17H28N4O5S2. The molecule has 1 aromatic rings. The zero-order valence-corrected chi connectivity index (χ0v) is 18.1. The SMILES string of the molecule is CCN(CC)S(=O)(=O)N1CCN(C(=O)c2cccc(NS(=O)(=O)CC)c2)CC1. The third-order valence-corrected chi connectivity index (χ3v) is 8.14. The van der Waals surface area contributed by atoms with Crippen LogP contribution in [-0.2, 0) is 20.2 Å². The number of piperazine rings is 1. The van der Waals surface area contributed by atoms with Crippen molar-refractivity contribution in [3.63, 3.8) is 0 Å². The Morgan fingerprint density at radius 3 is 2.18 bits per heavy atom. The van der Waals surface area contributed by atoms with Crippen molar-refractivity contribution in [2.45, 2.75) is 20.8 Å². The first-order valence-electron chi connectivity index (χ1n) is 9.29. The molecule has 0 radical (unpaired) electrons. The topological polar surface area (TPSA) is 107 Å². The van der Waals surface area contributed by atoms with Crippen LogP contribution >= 0.6 is 0 Å². The van der Waals surface area contributed by atoms with E-state index in [1.807, 2.05) is 0 Å². The van der Waals surface area contributed by atoms with E-state index in [-0.39, 0.29) is 37.8 Å². The fourth-order valence-electron chi connectivity index (χ4n) is 2.99. The van der Waals surface area contributed by atoms with Crippen LogP contribution in [0.1, 0.15) is 31.1 Å². The van der Waals surface area contributed by atoms with E-state index >= 15 is 0 Å². The molecular weight excluding hydrogens is 404 g/mol. The Balaban J connectivity index is 2.06. The molecule has 0 saturated carbocycles. The van der Waals surface area contributed by atoms with Crippen LogP contribution in [0.15, 0.2) is 24.3 Å². The van der Waals surface area contributed by atoms with Gasteiger partial charge in [0.05, 0.1) is 5.75 Å². The number of amides is 1. The fourth-order valence-corrected chi connectivity index (χ4v) is 5.22. The van der Waals surface area contributed by atoms with Crippen LogP contribution in [0.4, 0.5) is 5.69 Å². The van der Waals surface area contributed by atoms with Crippen molar-refractivity contribution in [3.8, 4) is 0 Å². The van der Waals surface area contributed by atoms with Crippen LogP contribution in [-0.4, -0.2) is 81.3 Å². The molecule has 1 saturated heterocycles. The zero-order valence-electron chi connectivity index (χ0n) is 16.5. The van der Waals surface area contributed by atoms with Crippen LogP contribution < -0.4 is 4.72 Å². The van der Waals surface area contributed by atoms with Gasteiger partial charge in [-0.1, -0.05) is 19.9 Å². The molecule has 1 aromatic carbocycles. The van der Waals surface area contributed by atoms with Crippen molar-refractivity contribution in [2.75, 3.05) is 49.7 Å². The summed E-state index contributed by atoms with van der Waals surface area (Å²) in [5.41, 5.74) is 0.687. The summed E-state index contributed by atoms with van der Waals surface area (Å²) < 4.78 is 53.8. The quantitative estimate of drug-likeness (QED) is 0.654. The van der Waals surface area contributed by atoms with Crippen LogP contribution in [0.5, 0.6) is 0 Å². The summed E-state index contributed by atoms with van der Waals surface area (Å²) in [7, 11) is -6.95. The summed E-state index contributed by atoms with van der Waals surface area (Å²) in [5.74, 6) is -0.314. The standard InChI is InChI=1S/C17H28N4O5S2/c1-4-20(5-2)28(25,26)21-12-10-19(11-13-21)17(22)15-8-7-9-16(14-15)18-27(23,24)6-3/h7-9,14,18H,4-6,10-13H2,1-3H3. The Labute approximate surface area is 167 Å². The molecule has 28 heavy (non-hydrogen) atoms. The van der Waals surface area contributed by atoms with Gasteiger partial charge >= 0.3 is 0 Å². The minimum absolute atomic E-state index is 0.0614. The van der Waals surface area contributed by atoms with E-state index in [0.29, 0.717) is 24.3 Å². The lowest BCUT2D eigenvalue weighted by atomic mass is 10.1. The largest absolute Gasteiger partial charge is 0.336 e. The van der Waals surface area contributed by atoms with Crippen molar-refractivity contribution in [1.82, 2.24) is 13.5 Å². The lowest BCUT2D eigenvalue weighted by Crippen LogP contribution is -2.54. The molecule has 1 N–H and O–H groups in total. The van der Waals surface area contributed by atoms with Gasteiger partial charge in [0.1, 0.15) is 0 Å². The molecule has 1 amide bonds. The molecule has 0 atom stereocenters. The maximum atomic E-state index is 12.8. The first-order valence-corrected chi connectivity index (χ1v) is 12.3. The zero-order chi connectivity index (χ0) is 20.9. The molecule has 0 unspecified atom stereocenters. The molecule has 158 valence electrons. The van der Waals surface area contributed by atoms with Gasteiger partial charge in [0.25, 0.3) is 16.1 Å². The molecule has 0 bridgehead atoms. The van der Waals surface area contributed by atoms with E-state index < -0.39 is 20.2 Å². The van der Waals surface area contributed by atoms with Crippen molar-refractivity contribution in [1.29, 1.82) is 0 Å². The Hall–Kier alpha value is -1.69. The van der Waals surface area contributed by atoms with Crippen LogP contribution in [0.2, 0.25) is 0 Å². The number of hydrogen-bond acceptors (Lipinski definition) is 5. The highest BCUT2D eigenvalue weighted by molar-refractivity contribution is 7.92. The number of hydrogen-bond donors (Lipinski definition) is 1. The first kappa shape index (κ1) is 22.6. The summed E-state index contributed by atoms with van der Waals surface area (Å²) in [6.07, 6.45) is 0. The monoisotopic (exact) mass is 432 g/mol. The number of rotatable bonds is 8. The Morgan fingerprint density at radius 2 is 1.64 bits per heavy atom. The molecule has 1 aliphatic rings. The van der Waals surface area contributed by atoms with Crippen molar-refractivity contribution < 1.29 is 21.6 Å². The predicted molar refractivity (Wildman–Crippen MR) is 109 cm³/mol. The van der Waals surface area contributed by atoms with Gasteiger partial charge in [-0.05, 0) is 25.1 Å². The number of benzene rings is 1. The highest BCUT2D eigenvalue weighted by Gasteiger charge is 2.32. The molecule has 0 spiro atoms. The maximum absolute atomic E-state index is 12.8. The molecule has 1 fully saturated rings. The first-order chi connectivity index (χ1) is 13.1. The van der Waals surface area contributed by atoms with Gasteiger partial charge in [0.15, 0.2) is 0 Å². The summed E-state index contributed by atoms with van der Waals surface area (Å²) in [6.45, 7) is 6.94. The smallest absolute Gasteiger partial charge is 0.282 e. The van der Waals surface area contributed by atoms with Gasteiger partial charge in [-0.3, -0.25) is 9.52 Å². The van der Waals surface area contributed by atoms with Gasteiger partial charge in [-0.15, -0.1) is 0 Å². The summed E-state index contributed by atoms with van der Waals surface area (Å²) in [4.78, 5) is 14.3. The number of sulfonamides is 1. The van der Waals surface area contributed by atoms with E-state index in [1.54, 1.807) is 36.9 Å². The van der Waals surface area contributed by atoms with Gasteiger partial charge in [0.2, 0.25) is 10.0 Å². The molecule has 9 nitrogen and oxygen atoms in total. The van der Waals surface area contributed by atoms with Crippen molar-refractivity contribution in [2.24, 2.45) is 0 Å². The van der Waals surface area contributed by atoms with Crippen LogP contribution in [0, 0.1) is 0 Å². The molecule has 11 heteroatoms. The Kier molecular flexibility index (Phi) is 7.43. The Morgan fingerprint density at radius 1 is 1.04 bits per heavy atom. The molecule has 0 aliphatic carbocycles. The lowest BCUT2D eigenvalue weighted by Gasteiger charge is -2.36. The second-order valence-corrected chi connectivity index (χ2v) is 10.3. The minimum Gasteiger partial charge on any atom is -0.336 e. The average Bonchev–Trinajstić information content (AvgIpc) is 2.68. The molecule has 2 rings (SSSR count). The number of nitrogens with zero attached hydrogens (tertiary/aromatic N) is 3. The van der Waals surface area contributed by atoms with Gasteiger partial charge < -0.3 is 4.90 Å². The Bertz CT molecular complexity index is 890. The second kappa shape index (κ2) is 9.21. The number of anilines is 1. The van der Waals surface area contributed by atoms with Gasteiger partial charge in [-0.25, -0.2) is 8.42 Å². The summed E-state index contributed by atoms with van der Waals surface area (Å²) in [6, 6.07) is 6.31. The maximum Gasteiger partial charge on any atom is 0.282 e. The lowest BCUT2D eigenvalue weighted by molar-refractivity contribution is 0.0694. The van der Waals surface area contributed by atoms with Crippen molar-refractivity contribution in [3.05, 3.63) is 29.8 Å².